The predicted octanol–water partition coefficient (Wildman–Crippen LogP) is 5.19. The Morgan fingerprint density at radius 1 is 1.06 bits per heavy atom. The van der Waals surface area contributed by atoms with Crippen LogP contribution in [-0.4, -0.2) is 31.1 Å². The molecule has 1 aliphatic rings. The summed E-state index contributed by atoms with van der Waals surface area (Å²) in [6.45, 7) is 2.43. The van der Waals surface area contributed by atoms with Gasteiger partial charge in [-0.15, -0.1) is 0 Å². The van der Waals surface area contributed by atoms with Crippen LogP contribution in [0.4, 0.5) is 0 Å². The quantitative estimate of drug-likeness (QED) is 0.375. The number of nitrogens with zero attached hydrogens (tertiary/aromatic N) is 4. The second-order valence-corrected chi connectivity index (χ2v) is 9.86. The summed E-state index contributed by atoms with van der Waals surface area (Å²) in [6, 6.07) is 13.0. The lowest BCUT2D eigenvalue weighted by Gasteiger charge is -2.29. The van der Waals surface area contributed by atoms with Crippen LogP contribution in [0.3, 0.4) is 0 Å². The average Bonchev–Trinajstić information content (AvgIpc) is 3.13. The number of hydrogen-bond acceptors (Lipinski definition) is 4. The number of imidazole rings is 1. The van der Waals surface area contributed by atoms with E-state index >= 15 is 0 Å². The number of para-hydroxylation sites is 2. The summed E-state index contributed by atoms with van der Waals surface area (Å²) in [5.74, 6) is 0.201. The number of aromatic nitrogens is 4. The van der Waals surface area contributed by atoms with Crippen molar-refractivity contribution in [2.24, 2.45) is 5.92 Å². The molecule has 5 rings (SSSR count). The van der Waals surface area contributed by atoms with Crippen molar-refractivity contribution in [3.05, 3.63) is 86.8 Å². The number of carbonyl (C=O) groups is 1. The van der Waals surface area contributed by atoms with Gasteiger partial charge in [-0.2, -0.15) is 0 Å². The van der Waals surface area contributed by atoms with E-state index in [1.54, 1.807) is 42.1 Å². The number of aryl methyl sites for hydroxylation is 1. The fraction of sp³-hybridized carbons (Fsp3) is 0.308. The van der Waals surface area contributed by atoms with Gasteiger partial charge in [0.05, 0.1) is 33.0 Å². The van der Waals surface area contributed by atoms with Gasteiger partial charge in [-0.25, -0.2) is 9.78 Å². The Labute approximate surface area is 212 Å². The highest BCUT2D eigenvalue weighted by molar-refractivity contribution is 6.30. The second kappa shape index (κ2) is 9.84. The van der Waals surface area contributed by atoms with Crippen LogP contribution in [0.2, 0.25) is 10.2 Å². The topological polar surface area (TPSA) is 81.8 Å². The summed E-state index contributed by atoms with van der Waals surface area (Å²) in [5.41, 5.74) is 3.51. The number of carbonyl (C=O) groups excluding carboxylic acids is 1. The maximum absolute atomic E-state index is 13.5. The van der Waals surface area contributed by atoms with E-state index < -0.39 is 0 Å². The zero-order valence-corrected chi connectivity index (χ0v) is 20.8. The van der Waals surface area contributed by atoms with Crippen molar-refractivity contribution in [2.75, 3.05) is 0 Å². The summed E-state index contributed by atoms with van der Waals surface area (Å²) in [6.07, 6.45) is 6.71. The molecule has 3 aromatic heterocycles. The highest BCUT2D eigenvalue weighted by Gasteiger charge is 2.25. The van der Waals surface area contributed by atoms with Crippen molar-refractivity contribution in [2.45, 2.75) is 45.2 Å². The molecular weight excluding hydrogens is 485 g/mol. The summed E-state index contributed by atoms with van der Waals surface area (Å²) in [7, 11) is 0. The third-order valence-electron chi connectivity index (χ3n) is 6.72. The second-order valence-electron chi connectivity index (χ2n) is 9.03. The first-order chi connectivity index (χ1) is 16.9. The number of halogens is 2. The van der Waals surface area contributed by atoms with Crippen LogP contribution in [0.5, 0.6) is 0 Å². The molecule has 0 bridgehead atoms. The molecule has 1 aromatic carbocycles. The van der Waals surface area contributed by atoms with Gasteiger partial charge >= 0.3 is 5.69 Å². The number of nitrogens with one attached hydrogen (secondary N) is 1. The van der Waals surface area contributed by atoms with E-state index in [9.17, 15) is 9.59 Å². The van der Waals surface area contributed by atoms with Gasteiger partial charge in [0, 0.05) is 25.0 Å². The van der Waals surface area contributed by atoms with Crippen LogP contribution in [0, 0.1) is 12.8 Å². The van der Waals surface area contributed by atoms with Crippen LogP contribution in [-0.2, 0) is 6.54 Å². The fourth-order valence-corrected chi connectivity index (χ4v) is 5.24. The molecule has 1 amide bonds. The van der Waals surface area contributed by atoms with E-state index in [1.807, 2.05) is 28.8 Å². The largest absolute Gasteiger partial charge is 0.349 e. The molecule has 7 nitrogen and oxygen atoms in total. The molecule has 0 spiro atoms. The minimum atomic E-state index is -0.142. The number of benzene rings is 1. The van der Waals surface area contributed by atoms with E-state index in [1.165, 1.54) is 0 Å². The normalized spacial score (nSPS) is 18.0. The summed E-state index contributed by atoms with van der Waals surface area (Å²) >= 11 is 12.1. The molecule has 180 valence electrons. The van der Waals surface area contributed by atoms with Crippen LogP contribution in [0.25, 0.3) is 16.7 Å². The van der Waals surface area contributed by atoms with E-state index in [-0.39, 0.29) is 17.6 Å². The zero-order valence-electron chi connectivity index (χ0n) is 19.2. The number of fused-ring (bicyclic) bond motifs is 1. The lowest BCUT2D eigenvalue weighted by atomic mass is 9.85. The number of amides is 1. The number of hydrogen-bond donors (Lipinski definition) is 1. The molecule has 0 saturated heterocycles. The summed E-state index contributed by atoms with van der Waals surface area (Å²) in [5, 5.41) is 3.92. The third-order valence-corrected chi connectivity index (χ3v) is 7.14. The highest BCUT2D eigenvalue weighted by Crippen LogP contribution is 2.28. The van der Waals surface area contributed by atoms with Crippen molar-refractivity contribution in [1.82, 2.24) is 24.4 Å². The van der Waals surface area contributed by atoms with Crippen LogP contribution < -0.4 is 11.0 Å². The zero-order chi connectivity index (χ0) is 24.5. The number of pyridine rings is 2. The molecule has 35 heavy (non-hydrogen) atoms. The molecule has 0 radical (unpaired) electrons. The standard InChI is InChI=1S/C26H25Cl2N5O2/c1-16-21(12-18(27)14-30-16)25(34)31-19-8-6-17(7-9-19)15-32-22-4-2-3-5-23(22)33(26(32)35)20-10-11-29-24(28)13-20/h2-5,10-14,17,19H,6-9,15H2,1H3,(H,31,34)/t17-,19-. The monoisotopic (exact) mass is 509 g/mol. The molecule has 0 unspecified atom stereocenters. The fourth-order valence-electron chi connectivity index (χ4n) is 4.91. The van der Waals surface area contributed by atoms with Crippen molar-refractivity contribution in [3.63, 3.8) is 0 Å². The van der Waals surface area contributed by atoms with Crippen LogP contribution >= 0.6 is 23.2 Å². The molecular formula is C26H25Cl2N5O2. The van der Waals surface area contributed by atoms with Gasteiger partial charge < -0.3 is 5.32 Å². The molecule has 3 heterocycles. The summed E-state index contributed by atoms with van der Waals surface area (Å²) in [4.78, 5) is 34.4. The van der Waals surface area contributed by atoms with E-state index in [0.717, 1.165) is 36.7 Å². The maximum Gasteiger partial charge on any atom is 0.333 e. The Morgan fingerprint density at radius 2 is 1.80 bits per heavy atom. The number of rotatable bonds is 5. The Balaban J connectivity index is 1.31. The molecule has 1 saturated carbocycles. The third kappa shape index (κ3) is 4.83. The van der Waals surface area contributed by atoms with Gasteiger partial charge in [0.15, 0.2) is 0 Å². The van der Waals surface area contributed by atoms with Crippen LogP contribution in [0.1, 0.15) is 41.7 Å². The van der Waals surface area contributed by atoms with Gasteiger partial charge in [0.1, 0.15) is 5.15 Å². The molecule has 1 fully saturated rings. The lowest BCUT2D eigenvalue weighted by Crippen LogP contribution is -2.39. The molecule has 0 aliphatic heterocycles. The van der Waals surface area contributed by atoms with E-state index in [0.29, 0.717) is 39.6 Å². The first kappa shape index (κ1) is 23.6. The first-order valence-electron chi connectivity index (χ1n) is 11.7. The summed E-state index contributed by atoms with van der Waals surface area (Å²) < 4.78 is 3.55. The Kier molecular flexibility index (Phi) is 6.62. The minimum absolute atomic E-state index is 0.0900. The van der Waals surface area contributed by atoms with E-state index in [2.05, 4.69) is 15.3 Å². The maximum atomic E-state index is 13.5. The predicted molar refractivity (Wildman–Crippen MR) is 138 cm³/mol. The van der Waals surface area contributed by atoms with Gasteiger partial charge in [0.2, 0.25) is 0 Å². The molecule has 1 aliphatic carbocycles. The van der Waals surface area contributed by atoms with Crippen molar-refractivity contribution in [3.8, 4) is 5.69 Å². The first-order valence-corrected chi connectivity index (χ1v) is 12.4. The van der Waals surface area contributed by atoms with Gasteiger partial charge in [-0.05, 0) is 68.9 Å². The van der Waals surface area contributed by atoms with Gasteiger partial charge in [0.25, 0.3) is 5.91 Å². The van der Waals surface area contributed by atoms with Crippen molar-refractivity contribution < 1.29 is 4.79 Å². The highest BCUT2D eigenvalue weighted by atomic mass is 35.5. The smallest absolute Gasteiger partial charge is 0.333 e. The molecule has 9 heteroatoms. The molecule has 4 aromatic rings. The van der Waals surface area contributed by atoms with E-state index in [4.69, 9.17) is 23.2 Å². The van der Waals surface area contributed by atoms with Gasteiger partial charge in [-0.1, -0.05) is 35.3 Å². The van der Waals surface area contributed by atoms with Crippen molar-refractivity contribution in [1.29, 1.82) is 0 Å². The van der Waals surface area contributed by atoms with Gasteiger partial charge in [-0.3, -0.25) is 18.9 Å². The Morgan fingerprint density at radius 3 is 2.54 bits per heavy atom. The molecule has 1 N–H and O–H groups in total. The average molecular weight is 510 g/mol. The SMILES string of the molecule is Cc1ncc(Cl)cc1C(=O)N[C@H]1CC[C@H](Cn2c(=O)n(-c3ccnc(Cl)c3)c3ccccc32)CC1. The Hall–Kier alpha value is -3.16. The minimum Gasteiger partial charge on any atom is -0.349 e. The van der Waals surface area contributed by atoms with Crippen LogP contribution in [0.15, 0.2) is 59.7 Å². The molecule has 0 atom stereocenters. The van der Waals surface area contributed by atoms with Crippen molar-refractivity contribution >= 4 is 40.1 Å². The Bertz CT molecular complexity index is 1450. The lowest BCUT2D eigenvalue weighted by molar-refractivity contribution is 0.0919.